The minimum Gasteiger partial charge on any atom is -0.352 e. The number of hydrogen-bond donors (Lipinski definition) is 3. The molecule has 2 fully saturated rings. The molecule has 0 radical (unpaired) electrons. The molecule has 1 heterocycles. The van der Waals surface area contributed by atoms with Crippen molar-refractivity contribution in [3.8, 4) is 0 Å². The first-order chi connectivity index (χ1) is 9.56. The average molecular weight is 281 g/mol. The Morgan fingerprint density at radius 3 is 2.55 bits per heavy atom. The molecule has 0 aromatic rings. The zero-order valence-electron chi connectivity index (χ0n) is 11.9. The van der Waals surface area contributed by atoms with Crippen LogP contribution in [-0.2, 0) is 14.4 Å². The van der Waals surface area contributed by atoms with Crippen LogP contribution in [0.15, 0.2) is 0 Å². The van der Waals surface area contributed by atoms with Crippen molar-refractivity contribution < 1.29 is 14.4 Å². The third kappa shape index (κ3) is 4.03. The SMILES string of the molecule is CC(NC1CCC(=O)NC1=O)C(=O)NC1CCCCC1. The van der Waals surface area contributed by atoms with Gasteiger partial charge in [-0.05, 0) is 26.2 Å². The highest BCUT2D eigenvalue weighted by atomic mass is 16.2. The number of nitrogens with one attached hydrogen (secondary N) is 3. The van der Waals surface area contributed by atoms with Crippen molar-refractivity contribution in [2.24, 2.45) is 0 Å². The Bertz CT molecular complexity index is 391. The molecule has 1 saturated carbocycles. The topological polar surface area (TPSA) is 87.3 Å². The summed E-state index contributed by atoms with van der Waals surface area (Å²) in [6.45, 7) is 1.75. The number of carbonyl (C=O) groups is 3. The van der Waals surface area contributed by atoms with E-state index in [1.165, 1.54) is 19.3 Å². The van der Waals surface area contributed by atoms with Crippen LogP contribution in [0.5, 0.6) is 0 Å². The van der Waals surface area contributed by atoms with Crippen LogP contribution in [0.25, 0.3) is 0 Å². The van der Waals surface area contributed by atoms with Crippen LogP contribution >= 0.6 is 0 Å². The van der Waals surface area contributed by atoms with Crippen LogP contribution in [0.1, 0.15) is 51.9 Å². The van der Waals surface area contributed by atoms with Gasteiger partial charge in [0, 0.05) is 12.5 Å². The van der Waals surface area contributed by atoms with Crippen molar-refractivity contribution in [3.05, 3.63) is 0 Å². The van der Waals surface area contributed by atoms with Crippen LogP contribution in [0.3, 0.4) is 0 Å². The molecule has 2 rings (SSSR count). The maximum atomic E-state index is 12.1. The summed E-state index contributed by atoms with van der Waals surface area (Å²) in [5, 5.41) is 8.32. The first kappa shape index (κ1) is 15.0. The molecule has 1 saturated heterocycles. The Morgan fingerprint density at radius 2 is 1.90 bits per heavy atom. The summed E-state index contributed by atoms with van der Waals surface area (Å²) < 4.78 is 0. The van der Waals surface area contributed by atoms with Crippen molar-refractivity contribution in [2.75, 3.05) is 0 Å². The first-order valence-electron chi connectivity index (χ1n) is 7.46. The molecule has 3 N–H and O–H groups in total. The van der Waals surface area contributed by atoms with Crippen LogP contribution < -0.4 is 16.0 Å². The third-order valence-corrected chi connectivity index (χ3v) is 4.04. The van der Waals surface area contributed by atoms with E-state index >= 15 is 0 Å². The summed E-state index contributed by atoms with van der Waals surface area (Å²) in [6, 6.07) is -0.622. The highest BCUT2D eigenvalue weighted by Gasteiger charge is 2.29. The van der Waals surface area contributed by atoms with Gasteiger partial charge in [-0.15, -0.1) is 0 Å². The van der Waals surface area contributed by atoms with E-state index in [1.807, 2.05) is 0 Å². The summed E-state index contributed by atoms with van der Waals surface area (Å²) >= 11 is 0. The Labute approximate surface area is 119 Å². The van der Waals surface area contributed by atoms with E-state index in [0.29, 0.717) is 12.8 Å². The molecule has 2 aliphatic rings. The van der Waals surface area contributed by atoms with Gasteiger partial charge in [-0.3, -0.25) is 25.0 Å². The molecule has 20 heavy (non-hydrogen) atoms. The molecule has 2 atom stereocenters. The van der Waals surface area contributed by atoms with Gasteiger partial charge in [0.1, 0.15) is 0 Å². The average Bonchev–Trinajstić information content (AvgIpc) is 2.43. The summed E-state index contributed by atoms with van der Waals surface area (Å²) in [6.07, 6.45) is 6.43. The number of hydrogen-bond acceptors (Lipinski definition) is 4. The molecular formula is C14H23N3O3. The Morgan fingerprint density at radius 1 is 1.20 bits per heavy atom. The molecular weight excluding hydrogens is 258 g/mol. The fourth-order valence-corrected chi connectivity index (χ4v) is 2.80. The second-order valence-electron chi connectivity index (χ2n) is 5.74. The molecule has 3 amide bonds. The van der Waals surface area contributed by atoms with Crippen molar-refractivity contribution in [1.29, 1.82) is 0 Å². The predicted octanol–water partition coefficient (Wildman–Crippen LogP) is 0.219. The van der Waals surface area contributed by atoms with Crippen LogP contribution in [0, 0.1) is 0 Å². The van der Waals surface area contributed by atoms with Gasteiger partial charge in [-0.2, -0.15) is 0 Å². The van der Waals surface area contributed by atoms with E-state index in [9.17, 15) is 14.4 Å². The summed E-state index contributed by atoms with van der Waals surface area (Å²) in [5.74, 6) is -0.646. The Kier molecular flexibility index (Phi) is 5.11. The van der Waals surface area contributed by atoms with Gasteiger partial charge in [0.25, 0.3) is 0 Å². The molecule has 112 valence electrons. The Balaban J connectivity index is 1.78. The lowest BCUT2D eigenvalue weighted by Gasteiger charge is -2.27. The second kappa shape index (κ2) is 6.83. The standard InChI is InChI=1S/C14H23N3O3/c1-9(13(19)16-10-5-3-2-4-6-10)15-11-7-8-12(18)17-14(11)20/h9-11,15H,2-8H2,1H3,(H,16,19)(H,17,18,20). The van der Waals surface area contributed by atoms with E-state index in [1.54, 1.807) is 6.92 Å². The van der Waals surface area contributed by atoms with Gasteiger partial charge in [0.05, 0.1) is 12.1 Å². The van der Waals surface area contributed by atoms with Crippen LogP contribution in [-0.4, -0.2) is 35.8 Å². The van der Waals surface area contributed by atoms with Crippen LogP contribution in [0.2, 0.25) is 0 Å². The van der Waals surface area contributed by atoms with Crippen molar-refractivity contribution in [2.45, 2.75) is 70.0 Å². The minimum atomic E-state index is -0.459. The number of rotatable bonds is 4. The van der Waals surface area contributed by atoms with Crippen molar-refractivity contribution in [3.63, 3.8) is 0 Å². The highest BCUT2D eigenvalue weighted by molar-refractivity contribution is 6.00. The van der Waals surface area contributed by atoms with Gasteiger partial charge < -0.3 is 5.32 Å². The number of piperidine rings is 1. The van der Waals surface area contributed by atoms with E-state index < -0.39 is 12.1 Å². The lowest BCUT2D eigenvalue weighted by Crippen LogP contribution is -2.56. The molecule has 1 aliphatic heterocycles. The largest absolute Gasteiger partial charge is 0.352 e. The summed E-state index contributed by atoms with van der Waals surface area (Å²) in [4.78, 5) is 34.8. The molecule has 0 spiro atoms. The smallest absolute Gasteiger partial charge is 0.243 e. The number of imide groups is 1. The van der Waals surface area contributed by atoms with Gasteiger partial charge in [0.2, 0.25) is 17.7 Å². The maximum absolute atomic E-state index is 12.1. The van der Waals surface area contributed by atoms with Gasteiger partial charge in [0.15, 0.2) is 0 Å². The van der Waals surface area contributed by atoms with E-state index in [2.05, 4.69) is 16.0 Å². The molecule has 0 aromatic heterocycles. The van der Waals surface area contributed by atoms with Crippen molar-refractivity contribution in [1.82, 2.24) is 16.0 Å². The molecule has 0 bridgehead atoms. The molecule has 6 heteroatoms. The normalized spacial score (nSPS) is 25.9. The van der Waals surface area contributed by atoms with E-state index in [0.717, 1.165) is 12.8 Å². The zero-order chi connectivity index (χ0) is 14.5. The van der Waals surface area contributed by atoms with Gasteiger partial charge in [-0.1, -0.05) is 19.3 Å². The fraction of sp³-hybridized carbons (Fsp3) is 0.786. The minimum absolute atomic E-state index is 0.0680. The monoisotopic (exact) mass is 281 g/mol. The Hall–Kier alpha value is -1.43. The van der Waals surface area contributed by atoms with E-state index in [4.69, 9.17) is 0 Å². The third-order valence-electron chi connectivity index (χ3n) is 4.04. The predicted molar refractivity (Wildman–Crippen MR) is 73.8 cm³/mol. The fourth-order valence-electron chi connectivity index (χ4n) is 2.80. The van der Waals surface area contributed by atoms with Gasteiger partial charge >= 0.3 is 0 Å². The summed E-state index contributed by atoms with van der Waals surface area (Å²) in [5.41, 5.74) is 0. The number of carbonyl (C=O) groups excluding carboxylic acids is 3. The molecule has 6 nitrogen and oxygen atoms in total. The molecule has 2 unspecified atom stereocenters. The van der Waals surface area contributed by atoms with Gasteiger partial charge in [-0.25, -0.2) is 0 Å². The lowest BCUT2D eigenvalue weighted by molar-refractivity contribution is -0.135. The van der Waals surface area contributed by atoms with Crippen molar-refractivity contribution >= 4 is 17.7 Å². The lowest BCUT2D eigenvalue weighted by atomic mass is 9.95. The molecule has 1 aliphatic carbocycles. The summed E-state index contributed by atoms with van der Waals surface area (Å²) in [7, 11) is 0. The first-order valence-corrected chi connectivity index (χ1v) is 7.46. The molecule has 0 aromatic carbocycles. The highest BCUT2D eigenvalue weighted by Crippen LogP contribution is 2.17. The quantitative estimate of drug-likeness (QED) is 0.643. The number of amides is 3. The van der Waals surface area contributed by atoms with Crippen LogP contribution in [0.4, 0.5) is 0 Å². The second-order valence-corrected chi connectivity index (χ2v) is 5.74. The van der Waals surface area contributed by atoms with E-state index in [-0.39, 0.29) is 23.8 Å². The zero-order valence-corrected chi connectivity index (χ0v) is 11.9. The maximum Gasteiger partial charge on any atom is 0.243 e.